The number of phosphoric acid groups is 1. The van der Waals surface area contributed by atoms with E-state index in [0.717, 1.165) is 38.5 Å². The minimum Gasteiger partial charge on any atom is -0.387 e. The third-order valence-corrected chi connectivity index (χ3v) is 12.4. The summed E-state index contributed by atoms with van der Waals surface area (Å²) in [4.78, 5) is 23.1. The first-order valence-corrected chi connectivity index (χ1v) is 26.7. The molecule has 0 saturated heterocycles. The first-order valence-electron chi connectivity index (χ1n) is 25.2. The Morgan fingerprint density at radius 2 is 0.915 bits per heavy atom. The summed E-state index contributed by atoms with van der Waals surface area (Å²) in [5.41, 5.74) is 0. The van der Waals surface area contributed by atoms with E-state index in [9.17, 15) is 19.4 Å². The predicted octanol–water partition coefficient (Wildman–Crippen LogP) is 14.5. The van der Waals surface area contributed by atoms with E-state index in [0.29, 0.717) is 17.4 Å². The van der Waals surface area contributed by atoms with Crippen molar-refractivity contribution in [2.45, 2.75) is 251 Å². The standard InChI is InChI=1S/C50H99N2O6P/c1-6-8-10-12-14-16-18-19-20-21-22-23-24-25-26-27-28-29-30-31-32-34-36-38-40-42-44-50(54)51-48(47-58-59(55,56)57-46-45-52(3,4)5)49(53)43-41-39-37-35-33-17-15-13-11-9-7-2/h25-26,41,43,48-49,53H,6-24,27-40,42,44-47H2,1-5H3,(H-,51,54,55,56)/p+1/b26-25-,43-41+. The van der Waals surface area contributed by atoms with E-state index >= 15 is 0 Å². The van der Waals surface area contributed by atoms with E-state index in [1.807, 2.05) is 27.2 Å². The number of carbonyl (C=O) groups is 1. The summed E-state index contributed by atoms with van der Waals surface area (Å²) in [5, 5.41) is 13.8. The summed E-state index contributed by atoms with van der Waals surface area (Å²) in [6, 6.07) is -0.843. The van der Waals surface area contributed by atoms with E-state index in [4.69, 9.17) is 9.05 Å². The maximum Gasteiger partial charge on any atom is 0.472 e. The molecule has 0 bridgehead atoms. The second kappa shape index (κ2) is 42.3. The lowest BCUT2D eigenvalue weighted by Crippen LogP contribution is -2.45. The second-order valence-corrected chi connectivity index (χ2v) is 20.0. The van der Waals surface area contributed by atoms with Crippen molar-refractivity contribution in [2.24, 2.45) is 0 Å². The van der Waals surface area contributed by atoms with Gasteiger partial charge in [0.2, 0.25) is 5.91 Å². The number of aliphatic hydroxyl groups is 1. The third-order valence-electron chi connectivity index (χ3n) is 11.4. The van der Waals surface area contributed by atoms with Crippen molar-refractivity contribution < 1.29 is 32.9 Å². The Balaban J connectivity index is 4.14. The molecule has 0 spiro atoms. The number of likely N-dealkylation sites (N-methyl/N-ethyl adjacent to an activating group) is 1. The first kappa shape index (κ1) is 58.0. The van der Waals surface area contributed by atoms with Crippen LogP contribution in [0.4, 0.5) is 0 Å². The molecular formula is C50H100N2O6P+. The number of nitrogens with one attached hydrogen (secondary N) is 1. The Morgan fingerprint density at radius 3 is 1.31 bits per heavy atom. The van der Waals surface area contributed by atoms with Gasteiger partial charge in [0.15, 0.2) is 0 Å². The minimum atomic E-state index is -4.33. The normalized spacial score (nSPS) is 14.4. The van der Waals surface area contributed by atoms with Gasteiger partial charge in [0, 0.05) is 6.42 Å². The molecule has 0 fully saturated rings. The van der Waals surface area contributed by atoms with Crippen LogP contribution in [0.2, 0.25) is 0 Å². The molecule has 9 heteroatoms. The van der Waals surface area contributed by atoms with Gasteiger partial charge in [-0.1, -0.05) is 212 Å². The average Bonchev–Trinajstić information content (AvgIpc) is 3.19. The number of quaternary nitrogens is 1. The van der Waals surface area contributed by atoms with Gasteiger partial charge in [-0.2, -0.15) is 0 Å². The number of rotatable bonds is 46. The molecule has 3 unspecified atom stereocenters. The van der Waals surface area contributed by atoms with E-state index in [1.165, 1.54) is 180 Å². The molecule has 3 N–H and O–H groups in total. The first-order chi connectivity index (χ1) is 28.5. The number of carbonyl (C=O) groups excluding carboxylic acids is 1. The quantitative estimate of drug-likeness (QED) is 0.0244. The number of phosphoric ester groups is 1. The van der Waals surface area contributed by atoms with Crippen LogP contribution in [0.15, 0.2) is 24.3 Å². The van der Waals surface area contributed by atoms with Crippen molar-refractivity contribution in [3.8, 4) is 0 Å². The van der Waals surface area contributed by atoms with E-state index in [-0.39, 0.29) is 19.1 Å². The highest BCUT2D eigenvalue weighted by Gasteiger charge is 2.27. The van der Waals surface area contributed by atoms with E-state index in [1.54, 1.807) is 6.08 Å². The molecular weight excluding hydrogens is 756 g/mol. The smallest absolute Gasteiger partial charge is 0.387 e. The maximum atomic E-state index is 12.9. The van der Waals surface area contributed by atoms with Crippen molar-refractivity contribution in [1.82, 2.24) is 5.32 Å². The fraction of sp³-hybridized carbons (Fsp3) is 0.900. The molecule has 59 heavy (non-hydrogen) atoms. The largest absolute Gasteiger partial charge is 0.472 e. The Bertz CT molecular complexity index is 1020. The Hall–Kier alpha value is -1.02. The number of nitrogens with zero attached hydrogens (tertiary/aromatic N) is 1. The summed E-state index contributed by atoms with van der Waals surface area (Å²) in [6.45, 7) is 4.82. The SMILES string of the molecule is CCCCCCCCCCC/C=C/C(O)C(COP(=O)(O)OCC[N+](C)(C)C)NC(=O)CCCCCCCCCCCC/C=C\CCCCCCCCCCCCCC. The summed E-state index contributed by atoms with van der Waals surface area (Å²) in [7, 11) is 1.58. The van der Waals surface area contributed by atoms with Crippen molar-refractivity contribution in [2.75, 3.05) is 40.9 Å². The molecule has 350 valence electrons. The van der Waals surface area contributed by atoms with Crippen LogP contribution in [0.5, 0.6) is 0 Å². The minimum absolute atomic E-state index is 0.0624. The van der Waals surface area contributed by atoms with Crippen LogP contribution in [0.3, 0.4) is 0 Å². The molecule has 0 radical (unpaired) electrons. The maximum absolute atomic E-state index is 12.9. The fourth-order valence-corrected chi connectivity index (χ4v) is 8.13. The average molecular weight is 856 g/mol. The van der Waals surface area contributed by atoms with Crippen LogP contribution in [-0.4, -0.2) is 73.4 Å². The van der Waals surface area contributed by atoms with Gasteiger partial charge in [-0.25, -0.2) is 4.57 Å². The molecule has 0 aliphatic rings. The molecule has 0 saturated carbocycles. The highest BCUT2D eigenvalue weighted by molar-refractivity contribution is 7.47. The molecule has 0 aromatic heterocycles. The molecule has 0 aliphatic heterocycles. The lowest BCUT2D eigenvalue weighted by Gasteiger charge is -2.25. The van der Waals surface area contributed by atoms with Crippen LogP contribution >= 0.6 is 7.82 Å². The number of unbranched alkanes of at least 4 members (excludes halogenated alkanes) is 31. The Labute approximate surface area is 366 Å². The van der Waals surface area contributed by atoms with Crippen molar-refractivity contribution in [1.29, 1.82) is 0 Å². The number of hydrogen-bond donors (Lipinski definition) is 3. The number of amides is 1. The predicted molar refractivity (Wildman–Crippen MR) is 254 cm³/mol. The molecule has 0 rings (SSSR count). The summed E-state index contributed by atoms with van der Waals surface area (Å²) in [6.07, 6.45) is 51.2. The second-order valence-electron chi connectivity index (χ2n) is 18.5. The van der Waals surface area contributed by atoms with Crippen LogP contribution in [0, 0.1) is 0 Å². The zero-order chi connectivity index (χ0) is 43.6. The molecule has 1 amide bonds. The molecule has 0 aromatic carbocycles. The van der Waals surface area contributed by atoms with Crippen LogP contribution in [0.1, 0.15) is 239 Å². The number of hydrogen-bond acceptors (Lipinski definition) is 5. The zero-order valence-corrected chi connectivity index (χ0v) is 40.7. The molecule has 0 aromatic rings. The fourth-order valence-electron chi connectivity index (χ4n) is 7.39. The third kappa shape index (κ3) is 44.8. The van der Waals surface area contributed by atoms with Gasteiger partial charge in [-0.05, 0) is 44.9 Å². The van der Waals surface area contributed by atoms with Gasteiger partial charge in [0.25, 0.3) is 0 Å². The van der Waals surface area contributed by atoms with E-state index < -0.39 is 20.0 Å². The van der Waals surface area contributed by atoms with Crippen LogP contribution in [0.25, 0.3) is 0 Å². The van der Waals surface area contributed by atoms with Gasteiger partial charge >= 0.3 is 7.82 Å². The summed E-state index contributed by atoms with van der Waals surface area (Å²) < 4.78 is 23.6. The number of allylic oxidation sites excluding steroid dienone is 3. The van der Waals surface area contributed by atoms with Gasteiger partial charge in [-0.3, -0.25) is 13.8 Å². The Morgan fingerprint density at radius 1 is 0.559 bits per heavy atom. The topological polar surface area (TPSA) is 105 Å². The van der Waals surface area contributed by atoms with Crippen molar-refractivity contribution in [3.05, 3.63) is 24.3 Å². The monoisotopic (exact) mass is 856 g/mol. The highest BCUT2D eigenvalue weighted by Crippen LogP contribution is 2.43. The van der Waals surface area contributed by atoms with E-state index in [2.05, 4.69) is 31.3 Å². The van der Waals surface area contributed by atoms with Gasteiger partial charge in [0.05, 0.1) is 39.9 Å². The van der Waals surface area contributed by atoms with Gasteiger partial charge < -0.3 is 19.8 Å². The van der Waals surface area contributed by atoms with Crippen LogP contribution < -0.4 is 5.32 Å². The molecule has 3 atom stereocenters. The summed E-state index contributed by atoms with van der Waals surface area (Å²) in [5.74, 6) is -0.178. The lowest BCUT2D eigenvalue weighted by atomic mass is 10.0. The molecule has 0 heterocycles. The van der Waals surface area contributed by atoms with Gasteiger partial charge in [0.1, 0.15) is 13.2 Å². The van der Waals surface area contributed by atoms with Crippen LogP contribution in [-0.2, 0) is 18.4 Å². The molecule has 0 aliphatic carbocycles. The van der Waals surface area contributed by atoms with Crippen molar-refractivity contribution in [3.63, 3.8) is 0 Å². The van der Waals surface area contributed by atoms with Crippen molar-refractivity contribution >= 4 is 13.7 Å². The molecule has 8 nitrogen and oxygen atoms in total. The highest BCUT2D eigenvalue weighted by atomic mass is 31.2. The Kier molecular flexibility index (Phi) is 41.6. The van der Waals surface area contributed by atoms with Gasteiger partial charge in [-0.15, -0.1) is 0 Å². The zero-order valence-electron chi connectivity index (χ0n) is 39.8. The number of aliphatic hydroxyl groups excluding tert-OH is 1. The summed E-state index contributed by atoms with van der Waals surface area (Å²) >= 11 is 0. The lowest BCUT2D eigenvalue weighted by molar-refractivity contribution is -0.870.